The van der Waals surface area contributed by atoms with Gasteiger partial charge < -0.3 is 19.1 Å². The zero-order valence-electron chi connectivity index (χ0n) is 14.3. The third-order valence-corrected chi connectivity index (χ3v) is 3.44. The maximum atomic E-state index is 12.3. The van der Waals surface area contributed by atoms with Crippen molar-refractivity contribution in [3.63, 3.8) is 0 Å². The summed E-state index contributed by atoms with van der Waals surface area (Å²) < 4.78 is 11.1. The number of allylic oxidation sites excluding steroid dienone is 1. The molecule has 0 amide bonds. The zero-order chi connectivity index (χ0) is 17.0. The van der Waals surface area contributed by atoms with Gasteiger partial charge in [-0.15, -0.1) is 6.58 Å². The van der Waals surface area contributed by atoms with Gasteiger partial charge >= 0.3 is 29.6 Å². The molecule has 0 N–H and O–H groups in total. The number of benzene rings is 1. The molecule has 0 spiro atoms. The monoisotopic (exact) mass is 338 g/mol. The van der Waals surface area contributed by atoms with Crippen LogP contribution in [-0.4, -0.2) is 12.6 Å². The molecule has 0 saturated heterocycles. The summed E-state index contributed by atoms with van der Waals surface area (Å²) in [6.45, 7) is 8.28. The fourth-order valence-electron chi connectivity index (χ4n) is 2.23. The van der Waals surface area contributed by atoms with E-state index < -0.39 is 17.2 Å². The van der Waals surface area contributed by atoms with E-state index in [0.717, 1.165) is 12.5 Å². The second-order valence-electron chi connectivity index (χ2n) is 5.71. The van der Waals surface area contributed by atoms with Crippen LogP contribution in [0.5, 0.6) is 5.75 Å². The number of carbonyl (C=O) groups is 1. The van der Waals surface area contributed by atoms with Gasteiger partial charge in [0, 0.05) is 6.07 Å². The maximum absolute atomic E-state index is 12.3. The first-order chi connectivity index (χ1) is 10.9. The van der Waals surface area contributed by atoms with Crippen molar-refractivity contribution in [3.05, 3.63) is 52.4 Å². The van der Waals surface area contributed by atoms with Crippen molar-refractivity contribution in [2.24, 2.45) is 5.92 Å². The number of carboxylic acid groups (broad SMARTS) is 1. The Morgan fingerprint density at radius 1 is 1.42 bits per heavy atom. The number of ether oxygens (including phenoxy) is 1. The number of aromatic carboxylic acids is 1. The van der Waals surface area contributed by atoms with Gasteiger partial charge in [-0.25, -0.2) is 0 Å². The minimum Gasteiger partial charge on any atom is -0.542 e. The Balaban J connectivity index is 0.00000288. The second kappa shape index (κ2) is 9.06. The molecule has 0 atom stereocenters. The molecule has 1 aromatic carbocycles. The quantitative estimate of drug-likeness (QED) is 0.493. The van der Waals surface area contributed by atoms with E-state index >= 15 is 0 Å². The Hall–Kier alpha value is -1.56. The Bertz CT molecular complexity index is 792. The van der Waals surface area contributed by atoms with E-state index in [1.54, 1.807) is 18.2 Å². The molecule has 0 bridgehead atoms. The molecular formula is C18H19NaO5. The van der Waals surface area contributed by atoms with Crippen LogP contribution in [0.15, 0.2) is 40.1 Å². The van der Waals surface area contributed by atoms with Gasteiger partial charge in [-0.05, 0) is 30.4 Å². The number of carboxylic acids is 1. The van der Waals surface area contributed by atoms with Crippen LogP contribution in [0.1, 0.15) is 36.4 Å². The summed E-state index contributed by atoms with van der Waals surface area (Å²) in [6, 6.07) is 4.37. The first-order valence-corrected chi connectivity index (χ1v) is 7.48. The Morgan fingerprint density at radius 3 is 2.71 bits per heavy atom. The Kier molecular flexibility index (Phi) is 7.73. The summed E-state index contributed by atoms with van der Waals surface area (Å²) in [5.74, 6) is -1.15. The molecule has 1 aromatic heterocycles. The number of fused-ring (bicyclic) bond motifs is 1. The molecule has 2 aromatic rings. The molecule has 0 saturated carbocycles. The summed E-state index contributed by atoms with van der Waals surface area (Å²) >= 11 is 0. The van der Waals surface area contributed by atoms with E-state index in [1.807, 2.05) is 0 Å². The number of rotatable bonds is 7. The second-order valence-corrected chi connectivity index (χ2v) is 5.71. The zero-order valence-corrected chi connectivity index (χ0v) is 16.3. The van der Waals surface area contributed by atoms with Crippen LogP contribution >= 0.6 is 0 Å². The van der Waals surface area contributed by atoms with Gasteiger partial charge in [0.25, 0.3) is 0 Å². The topological polar surface area (TPSA) is 79.6 Å². The van der Waals surface area contributed by atoms with Crippen molar-refractivity contribution in [2.45, 2.75) is 26.7 Å². The summed E-state index contributed by atoms with van der Waals surface area (Å²) in [5.41, 5.74) is 0.418. The van der Waals surface area contributed by atoms with E-state index in [2.05, 4.69) is 20.4 Å². The third kappa shape index (κ3) is 4.72. The number of hydrogen-bond acceptors (Lipinski definition) is 5. The van der Waals surface area contributed by atoms with Crippen molar-refractivity contribution < 1.29 is 48.6 Å². The number of carbonyl (C=O) groups excluding carboxylic acids is 1. The Labute approximate surface area is 162 Å². The minimum absolute atomic E-state index is 0. The van der Waals surface area contributed by atoms with Crippen LogP contribution in [0.4, 0.5) is 0 Å². The molecule has 122 valence electrons. The van der Waals surface area contributed by atoms with Crippen LogP contribution in [-0.2, 0) is 6.42 Å². The Morgan fingerprint density at radius 2 is 2.12 bits per heavy atom. The SMILES string of the molecule is C=CCc1ccc(OCCC(C)C)c2c(=O)cc(C(=O)[O-])oc12.[Na+]. The van der Waals surface area contributed by atoms with Crippen molar-refractivity contribution in [1.82, 2.24) is 0 Å². The summed E-state index contributed by atoms with van der Waals surface area (Å²) in [4.78, 5) is 23.3. The summed E-state index contributed by atoms with van der Waals surface area (Å²) in [5, 5.41) is 11.3. The van der Waals surface area contributed by atoms with Gasteiger partial charge in [0.1, 0.15) is 22.7 Å². The van der Waals surface area contributed by atoms with Gasteiger partial charge in [-0.2, -0.15) is 0 Å². The largest absolute Gasteiger partial charge is 1.00 e. The van der Waals surface area contributed by atoms with Gasteiger partial charge in [0.15, 0.2) is 11.2 Å². The smallest absolute Gasteiger partial charge is 0.542 e. The van der Waals surface area contributed by atoms with Crippen molar-refractivity contribution >= 4 is 16.9 Å². The van der Waals surface area contributed by atoms with Gasteiger partial charge in [-0.3, -0.25) is 4.79 Å². The van der Waals surface area contributed by atoms with Crippen molar-refractivity contribution in [3.8, 4) is 5.75 Å². The molecule has 2 rings (SSSR count). The van der Waals surface area contributed by atoms with Crippen LogP contribution in [0.25, 0.3) is 11.0 Å². The molecule has 0 unspecified atom stereocenters. The average molecular weight is 338 g/mol. The van der Waals surface area contributed by atoms with E-state index in [-0.39, 0.29) is 40.5 Å². The minimum atomic E-state index is -1.53. The molecule has 1 heterocycles. The molecule has 0 aliphatic rings. The van der Waals surface area contributed by atoms with Gasteiger partial charge in [-0.1, -0.05) is 26.0 Å². The van der Waals surface area contributed by atoms with Crippen molar-refractivity contribution in [2.75, 3.05) is 6.61 Å². The molecule has 0 radical (unpaired) electrons. The van der Waals surface area contributed by atoms with E-state index in [0.29, 0.717) is 30.3 Å². The van der Waals surface area contributed by atoms with E-state index in [9.17, 15) is 14.7 Å². The van der Waals surface area contributed by atoms with Crippen molar-refractivity contribution in [1.29, 1.82) is 0 Å². The summed E-state index contributed by atoms with van der Waals surface area (Å²) in [6.07, 6.45) is 2.94. The fourth-order valence-corrected chi connectivity index (χ4v) is 2.23. The predicted octanol–water partition coefficient (Wildman–Crippen LogP) is -0.686. The maximum Gasteiger partial charge on any atom is 1.00 e. The van der Waals surface area contributed by atoms with E-state index in [4.69, 9.17) is 9.15 Å². The van der Waals surface area contributed by atoms with Crippen LogP contribution in [0.2, 0.25) is 0 Å². The average Bonchev–Trinajstić information content (AvgIpc) is 2.48. The van der Waals surface area contributed by atoms with Crippen LogP contribution in [0, 0.1) is 5.92 Å². The number of hydrogen-bond donors (Lipinski definition) is 0. The summed E-state index contributed by atoms with van der Waals surface area (Å²) in [7, 11) is 0. The first-order valence-electron chi connectivity index (χ1n) is 7.48. The molecular weight excluding hydrogens is 319 g/mol. The fraction of sp³-hybridized carbons (Fsp3) is 0.333. The molecule has 0 aliphatic carbocycles. The first kappa shape index (κ1) is 20.5. The predicted molar refractivity (Wildman–Crippen MR) is 85.7 cm³/mol. The van der Waals surface area contributed by atoms with Crippen LogP contribution in [0.3, 0.4) is 0 Å². The molecule has 0 aliphatic heterocycles. The van der Waals surface area contributed by atoms with Gasteiger partial charge in [0.2, 0.25) is 0 Å². The molecule has 0 fully saturated rings. The van der Waals surface area contributed by atoms with E-state index in [1.165, 1.54) is 0 Å². The van der Waals surface area contributed by atoms with Crippen LogP contribution < -0.4 is 44.8 Å². The molecule has 5 nitrogen and oxygen atoms in total. The molecule has 6 heteroatoms. The third-order valence-electron chi connectivity index (χ3n) is 3.44. The standard InChI is InChI=1S/C18H20O5.Na/c1-4-5-12-6-7-14(22-9-8-11(2)3)16-13(19)10-15(18(20)21)23-17(12)16;/h4,6-7,10-11H,1,5,8-9H2,2-3H3,(H,20,21);/q;+1/p-1. The molecule has 24 heavy (non-hydrogen) atoms. The van der Waals surface area contributed by atoms with Gasteiger partial charge in [0.05, 0.1) is 6.61 Å². The normalized spacial score (nSPS) is 10.5.